The van der Waals surface area contributed by atoms with E-state index in [-0.39, 0.29) is 11.5 Å². The summed E-state index contributed by atoms with van der Waals surface area (Å²) in [5.74, 6) is -0.978. The molecule has 0 radical (unpaired) electrons. The lowest BCUT2D eigenvalue weighted by Gasteiger charge is -2.15. The van der Waals surface area contributed by atoms with Gasteiger partial charge in [0.05, 0.1) is 11.1 Å². The molecular weight excluding hydrogens is 297 g/mol. The van der Waals surface area contributed by atoms with Gasteiger partial charge in [-0.2, -0.15) is 0 Å². The third kappa shape index (κ3) is 3.53. The summed E-state index contributed by atoms with van der Waals surface area (Å²) >= 11 is 0. The fourth-order valence-electron chi connectivity index (χ4n) is 2.55. The summed E-state index contributed by atoms with van der Waals surface area (Å²) in [6, 6.07) is 7.14. The summed E-state index contributed by atoms with van der Waals surface area (Å²) < 4.78 is 13.1. The predicted molar refractivity (Wildman–Crippen MR) is 83.7 cm³/mol. The topological polar surface area (TPSA) is 62.3 Å². The molecule has 0 spiro atoms. The van der Waals surface area contributed by atoms with Gasteiger partial charge in [-0.15, -0.1) is 0 Å². The highest BCUT2D eigenvalue weighted by molar-refractivity contribution is 6.05. The molecule has 23 heavy (non-hydrogen) atoms. The molecule has 1 aliphatic rings. The van der Waals surface area contributed by atoms with Crippen LogP contribution in [0.3, 0.4) is 0 Å². The molecular formula is C17H16FN3O2. The lowest BCUT2D eigenvalue weighted by atomic mass is 10.1. The molecule has 2 heterocycles. The minimum absolute atomic E-state index is 0.115. The molecule has 0 unspecified atom stereocenters. The van der Waals surface area contributed by atoms with Crippen molar-refractivity contribution in [3.63, 3.8) is 0 Å². The molecule has 1 saturated heterocycles. The van der Waals surface area contributed by atoms with Crippen molar-refractivity contribution in [3.8, 4) is 0 Å². The number of hydrogen-bond donors (Lipinski definition) is 1. The number of likely N-dealkylation sites (tertiary alicyclic amines) is 1. The van der Waals surface area contributed by atoms with Gasteiger partial charge in [-0.3, -0.25) is 14.6 Å². The van der Waals surface area contributed by atoms with E-state index in [2.05, 4.69) is 10.3 Å². The van der Waals surface area contributed by atoms with E-state index in [1.54, 1.807) is 11.0 Å². The number of halogens is 1. The average Bonchev–Trinajstić information content (AvgIpc) is 3.09. The summed E-state index contributed by atoms with van der Waals surface area (Å²) in [6.07, 6.45) is 4.84. The number of benzene rings is 1. The fourth-order valence-corrected chi connectivity index (χ4v) is 2.55. The Bertz CT molecular complexity index is 742. The molecule has 0 saturated carbocycles. The van der Waals surface area contributed by atoms with Crippen LogP contribution in [-0.4, -0.2) is 34.8 Å². The van der Waals surface area contributed by atoms with Gasteiger partial charge in [0.2, 0.25) is 0 Å². The number of carbonyl (C=O) groups excluding carboxylic acids is 2. The molecule has 1 aromatic carbocycles. The molecule has 118 valence electrons. The van der Waals surface area contributed by atoms with Crippen LogP contribution < -0.4 is 5.32 Å². The first kappa shape index (κ1) is 15.1. The van der Waals surface area contributed by atoms with Crippen LogP contribution in [0.2, 0.25) is 0 Å². The van der Waals surface area contributed by atoms with Gasteiger partial charge in [0.1, 0.15) is 5.82 Å². The van der Waals surface area contributed by atoms with E-state index >= 15 is 0 Å². The van der Waals surface area contributed by atoms with Crippen molar-refractivity contribution in [2.45, 2.75) is 12.8 Å². The fraction of sp³-hybridized carbons (Fsp3) is 0.235. The van der Waals surface area contributed by atoms with E-state index in [1.165, 1.54) is 36.7 Å². The summed E-state index contributed by atoms with van der Waals surface area (Å²) in [7, 11) is 0. The Morgan fingerprint density at radius 3 is 2.57 bits per heavy atom. The highest BCUT2D eigenvalue weighted by Gasteiger charge is 2.20. The van der Waals surface area contributed by atoms with Gasteiger partial charge in [-0.05, 0) is 37.1 Å². The third-order valence-electron chi connectivity index (χ3n) is 3.72. The first-order valence-electron chi connectivity index (χ1n) is 7.45. The van der Waals surface area contributed by atoms with E-state index in [0.717, 1.165) is 25.9 Å². The number of nitrogens with zero attached hydrogens (tertiary/aromatic N) is 2. The van der Waals surface area contributed by atoms with Crippen molar-refractivity contribution in [2.75, 3.05) is 18.4 Å². The maximum atomic E-state index is 13.1. The molecule has 3 rings (SSSR count). The number of hydrogen-bond acceptors (Lipinski definition) is 3. The number of amides is 2. The van der Waals surface area contributed by atoms with Crippen molar-refractivity contribution >= 4 is 17.5 Å². The molecule has 5 nitrogen and oxygen atoms in total. The van der Waals surface area contributed by atoms with E-state index in [4.69, 9.17) is 0 Å². The van der Waals surface area contributed by atoms with Crippen LogP contribution in [0.5, 0.6) is 0 Å². The van der Waals surface area contributed by atoms with Crippen molar-refractivity contribution in [2.24, 2.45) is 0 Å². The highest BCUT2D eigenvalue weighted by Crippen LogP contribution is 2.15. The lowest BCUT2D eigenvalue weighted by Crippen LogP contribution is -2.28. The van der Waals surface area contributed by atoms with E-state index < -0.39 is 11.7 Å². The van der Waals surface area contributed by atoms with Gasteiger partial charge in [-0.25, -0.2) is 4.39 Å². The van der Waals surface area contributed by atoms with Crippen LogP contribution >= 0.6 is 0 Å². The van der Waals surface area contributed by atoms with Crippen LogP contribution in [0.15, 0.2) is 42.7 Å². The normalized spacial score (nSPS) is 13.9. The second-order valence-electron chi connectivity index (χ2n) is 5.43. The Hall–Kier alpha value is -2.76. The average molecular weight is 313 g/mol. The van der Waals surface area contributed by atoms with Gasteiger partial charge >= 0.3 is 0 Å². The lowest BCUT2D eigenvalue weighted by molar-refractivity contribution is 0.0792. The standard InChI is InChI=1S/C17H16FN3O2/c18-14-4-3-5-15(9-14)20-16(22)12-8-13(11-19-10-12)17(23)21-6-1-2-7-21/h3-5,8-11H,1-2,6-7H2,(H,20,22). The number of pyridine rings is 1. The summed E-state index contributed by atoms with van der Waals surface area (Å²) in [4.78, 5) is 30.3. The number of anilines is 1. The third-order valence-corrected chi connectivity index (χ3v) is 3.72. The van der Waals surface area contributed by atoms with E-state index in [1.807, 2.05) is 0 Å². The summed E-state index contributed by atoms with van der Waals surface area (Å²) in [6.45, 7) is 1.47. The highest BCUT2D eigenvalue weighted by atomic mass is 19.1. The smallest absolute Gasteiger partial charge is 0.257 e. The molecule has 1 aromatic heterocycles. The molecule has 2 aromatic rings. The van der Waals surface area contributed by atoms with Gasteiger partial charge in [0, 0.05) is 31.2 Å². The molecule has 2 amide bonds. The largest absolute Gasteiger partial charge is 0.339 e. The molecule has 1 N–H and O–H groups in total. The molecule has 0 aliphatic carbocycles. The zero-order chi connectivity index (χ0) is 16.2. The number of aromatic nitrogens is 1. The maximum absolute atomic E-state index is 13.1. The number of rotatable bonds is 3. The Morgan fingerprint density at radius 1 is 1.09 bits per heavy atom. The van der Waals surface area contributed by atoms with Crippen LogP contribution in [0.25, 0.3) is 0 Å². The molecule has 6 heteroatoms. The van der Waals surface area contributed by atoms with E-state index in [0.29, 0.717) is 11.3 Å². The summed E-state index contributed by atoms with van der Waals surface area (Å²) in [5, 5.41) is 2.59. The minimum atomic E-state index is -0.432. The second-order valence-corrected chi connectivity index (χ2v) is 5.43. The Labute approximate surface area is 133 Å². The van der Waals surface area contributed by atoms with Crippen molar-refractivity contribution in [1.82, 2.24) is 9.88 Å². The monoisotopic (exact) mass is 313 g/mol. The maximum Gasteiger partial charge on any atom is 0.257 e. The van der Waals surface area contributed by atoms with Crippen molar-refractivity contribution in [1.29, 1.82) is 0 Å². The van der Waals surface area contributed by atoms with E-state index in [9.17, 15) is 14.0 Å². The number of carbonyl (C=O) groups is 2. The second kappa shape index (κ2) is 6.56. The van der Waals surface area contributed by atoms with Gasteiger partial charge in [0.15, 0.2) is 0 Å². The van der Waals surface area contributed by atoms with Gasteiger partial charge in [0.25, 0.3) is 11.8 Å². The Balaban J connectivity index is 1.76. The Morgan fingerprint density at radius 2 is 1.83 bits per heavy atom. The zero-order valence-corrected chi connectivity index (χ0v) is 12.5. The predicted octanol–water partition coefficient (Wildman–Crippen LogP) is 2.71. The first-order chi connectivity index (χ1) is 11.1. The molecule has 1 aliphatic heterocycles. The van der Waals surface area contributed by atoms with Crippen molar-refractivity contribution in [3.05, 3.63) is 59.7 Å². The minimum Gasteiger partial charge on any atom is -0.339 e. The van der Waals surface area contributed by atoms with Crippen LogP contribution in [0.4, 0.5) is 10.1 Å². The van der Waals surface area contributed by atoms with Crippen molar-refractivity contribution < 1.29 is 14.0 Å². The molecule has 0 bridgehead atoms. The Kier molecular flexibility index (Phi) is 4.32. The zero-order valence-electron chi connectivity index (χ0n) is 12.5. The quantitative estimate of drug-likeness (QED) is 0.947. The number of nitrogens with one attached hydrogen (secondary N) is 1. The summed E-state index contributed by atoms with van der Waals surface area (Å²) in [5.41, 5.74) is 1.00. The van der Waals surface area contributed by atoms with Gasteiger partial charge in [-0.1, -0.05) is 6.07 Å². The molecule has 1 fully saturated rings. The van der Waals surface area contributed by atoms with Crippen LogP contribution in [0.1, 0.15) is 33.6 Å². The van der Waals surface area contributed by atoms with Gasteiger partial charge < -0.3 is 10.2 Å². The SMILES string of the molecule is O=C(Nc1cccc(F)c1)c1cncc(C(=O)N2CCCC2)c1. The first-order valence-corrected chi connectivity index (χ1v) is 7.45. The van der Waals surface area contributed by atoms with Crippen LogP contribution in [-0.2, 0) is 0 Å². The molecule has 0 atom stereocenters. The van der Waals surface area contributed by atoms with Crippen LogP contribution in [0, 0.1) is 5.82 Å².